The summed E-state index contributed by atoms with van der Waals surface area (Å²) in [4.78, 5) is 23.6. The van der Waals surface area contributed by atoms with Gasteiger partial charge in [0, 0.05) is 28.4 Å². The Kier molecular flexibility index (Phi) is 4.09. The van der Waals surface area contributed by atoms with Crippen molar-refractivity contribution in [2.45, 2.75) is 23.5 Å². The van der Waals surface area contributed by atoms with Crippen LogP contribution in [0.2, 0.25) is 0 Å². The fourth-order valence-corrected chi connectivity index (χ4v) is 5.41. The Bertz CT molecular complexity index is 762. The molecule has 1 aromatic carbocycles. The number of carboxylic acid groups (broad SMARTS) is 2. The predicted octanol–water partition coefficient (Wildman–Crippen LogP) is 1.17. The van der Waals surface area contributed by atoms with Crippen LogP contribution in [0.5, 0.6) is 0 Å². The molecule has 2 aliphatic carbocycles. The smallest absolute Gasteiger partial charge is 0.324 e. The zero-order chi connectivity index (χ0) is 18.7. The predicted molar refractivity (Wildman–Crippen MR) is 83.9 cm³/mol. The molecule has 6 nitrogen and oxygen atoms in total. The number of benzene rings is 1. The molecule has 2 aliphatic rings. The van der Waals surface area contributed by atoms with Gasteiger partial charge < -0.3 is 21.1 Å². The Hall–Kier alpha value is -1.71. The van der Waals surface area contributed by atoms with Crippen LogP contribution in [-0.4, -0.2) is 44.7 Å². The number of aliphatic hydroxyl groups is 1. The third-order valence-corrected chi connectivity index (χ3v) is 6.76. The van der Waals surface area contributed by atoms with E-state index in [1.165, 1.54) is 13.0 Å². The van der Waals surface area contributed by atoms with Crippen LogP contribution in [0.25, 0.3) is 0 Å². The number of fused-ring (bicyclic) bond motifs is 1. The molecule has 2 fully saturated rings. The standard InChI is InChI=1S/C16H17F2NO5S/c1-15(13(21)22)10-11(20)7(16(19,12(10)15)14(23)24)5-25-6-2-3-8(17)9(18)4-6/h2-4,7,10-12,20H,5,19H2,1H3,(H,21,22)(H,23,24)/t7-,10-,11-,12+,15+,16+/m1/s1. The van der Waals surface area contributed by atoms with Gasteiger partial charge in [-0.25, -0.2) is 8.78 Å². The molecule has 0 saturated heterocycles. The lowest BCUT2D eigenvalue weighted by Gasteiger charge is -2.34. The fraction of sp³-hybridized carbons (Fsp3) is 0.500. The number of halogens is 2. The average molecular weight is 373 g/mol. The van der Waals surface area contributed by atoms with Crippen LogP contribution < -0.4 is 5.73 Å². The number of aliphatic carboxylic acids is 2. The van der Waals surface area contributed by atoms with Crippen molar-refractivity contribution in [2.24, 2.45) is 28.9 Å². The van der Waals surface area contributed by atoms with E-state index in [0.717, 1.165) is 23.9 Å². The van der Waals surface area contributed by atoms with Crippen LogP contribution >= 0.6 is 11.8 Å². The molecule has 1 aromatic rings. The SMILES string of the molecule is C[C@]1(C(=O)O)[C@@H]2[C@H](O)[C@@H](CSc3ccc(F)c(F)c3)[C@@](N)(C(=O)O)[C@@H]21. The van der Waals surface area contributed by atoms with E-state index in [1.54, 1.807) is 0 Å². The molecule has 5 N–H and O–H groups in total. The van der Waals surface area contributed by atoms with Gasteiger partial charge >= 0.3 is 11.9 Å². The summed E-state index contributed by atoms with van der Waals surface area (Å²) in [5.74, 6) is -7.10. The molecule has 6 atom stereocenters. The maximum atomic E-state index is 13.3. The second kappa shape index (κ2) is 5.65. The topological polar surface area (TPSA) is 121 Å². The van der Waals surface area contributed by atoms with Crippen LogP contribution in [0.4, 0.5) is 8.78 Å². The quantitative estimate of drug-likeness (QED) is 0.572. The van der Waals surface area contributed by atoms with Crippen molar-refractivity contribution in [2.75, 3.05) is 5.75 Å². The molecule has 0 aliphatic heterocycles. The van der Waals surface area contributed by atoms with Gasteiger partial charge in [-0.3, -0.25) is 9.59 Å². The van der Waals surface area contributed by atoms with Crippen LogP contribution in [0, 0.1) is 34.8 Å². The van der Waals surface area contributed by atoms with Crippen LogP contribution in [0.3, 0.4) is 0 Å². The van der Waals surface area contributed by atoms with Gasteiger partial charge in [0.05, 0.1) is 11.5 Å². The maximum Gasteiger partial charge on any atom is 0.324 e. The number of rotatable bonds is 5. The van der Waals surface area contributed by atoms with E-state index in [-0.39, 0.29) is 5.75 Å². The first-order valence-corrected chi connectivity index (χ1v) is 8.56. The van der Waals surface area contributed by atoms with Gasteiger partial charge in [0.15, 0.2) is 11.6 Å². The Balaban J connectivity index is 1.83. The lowest BCUT2D eigenvalue weighted by molar-refractivity contribution is -0.151. The van der Waals surface area contributed by atoms with Crippen LogP contribution in [0.1, 0.15) is 6.92 Å². The first-order valence-electron chi connectivity index (χ1n) is 7.57. The molecule has 0 bridgehead atoms. The summed E-state index contributed by atoms with van der Waals surface area (Å²) in [5.41, 5.74) is 2.80. The van der Waals surface area contributed by atoms with Crippen molar-refractivity contribution in [3.05, 3.63) is 29.8 Å². The average Bonchev–Trinajstić information content (AvgIpc) is 3.10. The molecule has 3 rings (SSSR count). The molecule has 25 heavy (non-hydrogen) atoms. The molecule has 9 heteroatoms. The highest BCUT2D eigenvalue weighted by atomic mass is 32.2. The van der Waals surface area contributed by atoms with E-state index >= 15 is 0 Å². The van der Waals surface area contributed by atoms with Gasteiger partial charge in [-0.2, -0.15) is 0 Å². The molecule has 0 aromatic heterocycles. The van der Waals surface area contributed by atoms with E-state index in [2.05, 4.69) is 0 Å². The summed E-state index contributed by atoms with van der Waals surface area (Å²) < 4.78 is 26.2. The van der Waals surface area contributed by atoms with Gasteiger partial charge in [0.25, 0.3) is 0 Å². The molecule has 136 valence electrons. The summed E-state index contributed by atoms with van der Waals surface area (Å²) in [6.07, 6.45) is -1.20. The largest absolute Gasteiger partial charge is 0.481 e. The lowest BCUT2D eigenvalue weighted by Crippen LogP contribution is -2.59. The fourth-order valence-electron chi connectivity index (χ4n) is 4.21. The minimum Gasteiger partial charge on any atom is -0.481 e. The van der Waals surface area contributed by atoms with E-state index in [1.807, 2.05) is 0 Å². The van der Waals surface area contributed by atoms with Crippen molar-refractivity contribution in [1.29, 1.82) is 0 Å². The van der Waals surface area contributed by atoms with Gasteiger partial charge in [-0.1, -0.05) is 0 Å². The second-order valence-electron chi connectivity index (χ2n) is 6.81. The number of carbonyl (C=O) groups is 2. The normalized spacial score (nSPS) is 39.1. The molecule has 0 spiro atoms. The zero-order valence-electron chi connectivity index (χ0n) is 13.1. The molecule has 0 amide bonds. The highest BCUT2D eigenvalue weighted by Gasteiger charge is 2.83. The third-order valence-electron chi connectivity index (χ3n) is 5.65. The maximum absolute atomic E-state index is 13.3. The highest BCUT2D eigenvalue weighted by Crippen LogP contribution is 2.71. The summed E-state index contributed by atoms with van der Waals surface area (Å²) in [6, 6.07) is 3.27. The minimum absolute atomic E-state index is 0.0394. The van der Waals surface area contributed by atoms with E-state index < -0.39 is 58.4 Å². The van der Waals surface area contributed by atoms with Crippen molar-refractivity contribution < 1.29 is 33.7 Å². The Labute approximate surface area is 146 Å². The van der Waals surface area contributed by atoms with Crippen molar-refractivity contribution in [3.63, 3.8) is 0 Å². The highest BCUT2D eigenvalue weighted by molar-refractivity contribution is 7.99. The van der Waals surface area contributed by atoms with Gasteiger partial charge in [-0.15, -0.1) is 11.8 Å². The number of carboxylic acids is 2. The molecule has 0 radical (unpaired) electrons. The Morgan fingerprint density at radius 1 is 1.24 bits per heavy atom. The molecular formula is C16H17F2NO5S. The molecule has 2 saturated carbocycles. The third kappa shape index (κ3) is 2.37. The summed E-state index contributed by atoms with van der Waals surface area (Å²) in [7, 11) is 0. The molecule has 0 unspecified atom stereocenters. The van der Waals surface area contributed by atoms with Crippen molar-refractivity contribution >= 4 is 23.7 Å². The van der Waals surface area contributed by atoms with Gasteiger partial charge in [0.1, 0.15) is 5.54 Å². The second-order valence-corrected chi connectivity index (χ2v) is 7.91. The first kappa shape index (κ1) is 18.1. The Morgan fingerprint density at radius 2 is 1.88 bits per heavy atom. The van der Waals surface area contributed by atoms with E-state index in [9.17, 15) is 33.7 Å². The molecule has 0 heterocycles. The number of hydrogen-bond acceptors (Lipinski definition) is 5. The van der Waals surface area contributed by atoms with Gasteiger partial charge in [-0.05, 0) is 25.1 Å². The number of nitrogens with two attached hydrogens (primary N) is 1. The summed E-state index contributed by atoms with van der Waals surface area (Å²) in [5, 5.41) is 29.5. The van der Waals surface area contributed by atoms with Crippen molar-refractivity contribution in [1.82, 2.24) is 0 Å². The minimum atomic E-state index is -1.90. The first-order chi connectivity index (χ1) is 11.6. The lowest BCUT2D eigenvalue weighted by atomic mass is 9.77. The van der Waals surface area contributed by atoms with Gasteiger partial charge in [0.2, 0.25) is 0 Å². The zero-order valence-corrected chi connectivity index (χ0v) is 14.0. The summed E-state index contributed by atoms with van der Waals surface area (Å²) in [6.45, 7) is 1.39. The summed E-state index contributed by atoms with van der Waals surface area (Å²) >= 11 is 1.04. The van der Waals surface area contributed by atoms with Crippen LogP contribution in [-0.2, 0) is 9.59 Å². The Morgan fingerprint density at radius 3 is 2.40 bits per heavy atom. The number of aliphatic hydroxyl groups excluding tert-OH is 1. The number of thioether (sulfide) groups is 1. The number of hydrogen-bond donors (Lipinski definition) is 4. The van der Waals surface area contributed by atoms with Crippen molar-refractivity contribution in [3.8, 4) is 0 Å². The monoisotopic (exact) mass is 373 g/mol. The molecular weight excluding hydrogens is 356 g/mol. The van der Waals surface area contributed by atoms with E-state index in [0.29, 0.717) is 4.90 Å². The van der Waals surface area contributed by atoms with E-state index in [4.69, 9.17) is 5.73 Å². The van der Waals surface area contributed by atoms with Crippen LogP contribution in [0.15, 0.2) is 23.1 Å².